The van der Waals surface area contributed by atoms with Crippen LogP contribution in [0.15, 0.2) is 0 Å². The van der Waals surface area contributed by atoms with Crippen molar-refractivity contribution in [2.75, 3.05) is 7.11 Å². The predicted octanol–water partition coefficient (Wildman–Crippen LogP) is 2.14. The second-order valence-corrected chi connectivity index (χ2v) is 4.18. The Labute approximate surface area is 85.8 Å². The third kappa shape index (κ3) is 3.29. The molecule has 0 saturated heterocycles. The van der Waals surface area contributed by atoms with Crippen molar-refractivity contribution in [2.45, 2.75) is 51.7 Å². The van der Waals surface area contributed by atoms with Crippen LogP contribution in [0.1, 0.15) is 39.5 Å². The number of carbonyl (C=O) groups excluding carboxylic acids is 1. The molecule has 0 amide bonds. The molecule has 0 spiro atoms. The van der Waals surface area contributed by atoms with Gasteiger partial charge in [-0.25, -0.2) is 4.79 Å². The average Bonchev–Trinajstić information content (AvgIpc) is 2.20. The zero-order chi connectivity index (χ0) is 10.6. The topological polar surface area (TPSA) is 35.5 Å². The van der Waals surface area contributed by atoms with Crippen molar-refractivity contribution in [3.8, 4) is 0 Å². The van der Waals surface area contributed by atoms with E-state index in [9.17, 15) is 4.79 Å². The zero-order valence-corrected chi connectivity index (χ0v) is 9.29. The van der Waals surface area contributed by atoms with Crippen molar-refractivity contribution >= 4 is 5.97 Å². The van der Waals surface area contributed by atoms with E-state index < -0.39 is 6.10 Å². The van der Waals surface area contributed by atoms with Crippen LogP contribution in [0.2, 0.25) is 0 Å². The second kappa shape index (κ2) is 5.35. The maximum Gasteiger partial charge on any atom is 0.334 e. The summed E-state index contributed by atoms with van der Waals surface area (Å²) < 4.78 is 10.2. The van der Waals surface area contributed by atoms with Crippen molar-refractivity contribution < 1.29 is 14.3 Å². The molecule has 0 aliphatic heterocycles. The summed E-state index contributed by atoms with van der Waals surface area (Å²) in [5.41, 5.74) is 0. The molecule has 82 valence electrons. The quantitative estimate of drug-likeness (QED) is 0.655. The minimum absolute atomic E-state index is 0.250. The van der Waals surface area contributed by atoms with Crippen LogP contribution in [0, 0.1) is 5.92 Å². The van der Waals surface area contributed by atoms with E-state index in [2.05, 4.69) is 11.7 Å². The Balaban J connectivity index is 2.27. The lowest BCUT2D eigenvalue weighted by Crippen LogP contribution is -2.30. The van der Waals surface area contributed by atoms with Crippen molar-refractivity contribution in [1.82, 2.24) is 0 Å². The Bertz CT molecular complexity index is 183. The molecule has 1 saturated carbocycles. The fraction of sp³-hybridized carbons (Fsp3) is 0.909. The fourth-order valence-corrected chi connectivity index (χ4v) is 1.88. The molecular formula is C11H20O3. The van der Waals surface area contributed by atoms with Gasteiger partial charge in [-0.05, 0) is 38.5 Å². The minimum atomic E-state index is -0.418. The maximum absolute atomic E-state index is 11.1. The summed E-state index contributed by atoms with van der Waals surface area (Å²) in [6.45, 7) is 4.02. The van der Waals surface area contributed by atoms with Crippen LogP contribution in [0.5, 0.6) is 0 Å². The van der Waals surface area contributed by atoms with Gasteiger partial charge in [0.25, 0.3) is 0 Å². The Morgan fingerprint density at radius 1 is 1.29 bits per heavy atom. The molecule has 0 heterocycles. The fourth-order valence-electron chi connectivity index (χ4n) is 1.88. The van der Waals surface area contributed by atoms with E-state index in [-0.39, 0.29) is 12.1 Å². The van der Waals surface area contributed by atoms with Gasteiger partial charge in [-0.15, -0.1) is 0 Å². The highest BCUT2D eigenvalue weighted by Gasteiger charge is 2.23. The molecule has 0 aromatic heterocycles. The molecule has 14 heavy (non-hydrogen) atoms. The lowest BCUT2D eigenvalue weighted by molar-refractivity contribution is -0.157. The van der Waals surface area contributed by atoms with Crippen LogP contribution < -0.4 is 0 Å². The summed E-state index contributed by atoms with van der Waals surface area (Å²) in [5.74, 6) is 0.534. The number of carbonyl (C=O) groups is 1. The van der Waals surface area contributed by atoms with Crippen LogP contribution >= 0.6 is 0 Å². The third-order valence-corrected chi connectivity index (χ3v) is 2.89. The predicted molar refractivity (Wildman–Crippen MR) is 54.0 cm³/mol. The van der Waals surface area contributed by atoms with E-state index >= 15 is 0 Å². The average molecular weight is 200 g/mol. The van der Waals surface area contributed by atoms with Crippen LogP contribution in [0.4, 0.5) is 0 Å². The normalized spacial score (nSPS) is 29.6. The SMILES string of the molecule is COC(=O)[C@H](C)OC1CCC(C)CC1. The summed E-state index contributed by atoms with van der Waals surface area (Å²) in [4.78, 5) is 11.1. The molecule has 1 aliphatic rings. The van der Waals surface area contributed by atoms with Gasteiger partial charge in [0.1, 0.15) is 0 Å². The molecule has 3 heteroatoms. The molecule has 0 radical (unpaired) electrons. The lowest BCUT2D eigenvalue weighted by Gasteiger charge is -2.27. The van der Waals surface area contributed by atoms with Crippen molar-refractivity contribution in [2.24, 2.45) is 5.92 Å². The molecule has 0 unspecified atom stereocenters. The molecule has 1 atom stereocenters. The first-order valence-corrected chi connectivity index (χ1v) is 5.36. The van der Waals surface area contributed by atoms with E-state index in [0.29, 0.717) is 0 Å². The van der Waals surface area contributed by atoms with Gasteiger partial charge in [-0.2, -0.15) is 0 Å². The van der Waals surface area contributed by atoms with Gasteiger partial charge in [0.05, 0.1) is 13.2 Å². The number of methoxy groups -OCH3 is 1. The van der Waals surface area contributed by atoms with Crippen molar-refractivity contribution in [3.63, 3.8) is 0 Å². The van der Waals surface area contributed by atoms with E-state index in [1.807, 2.05) is 0 Å². The van der Waals surface area contributed by atoms with E-state index in [1.54, 1.807) is 6.92 Å². The number of rotatable bonds is 3. The van der Waals surface area contributed by atoms with Crippen LogP contribution in [0.3, 0.4) is 0 Å². The number of ether oxygens (including phenoxy) is 2. The summed E-state index contributed by atoms with van der Waals surface area (Å²) in [6.07, 6.45) is 4.39. The second-order valence-electron chi connectivity index (χ2n) is 4.18. The maximum atomic E-state index is 11.1. The molecule has 0 bridgehead atoms. The summed E-state index contributed by atoms with van der Waals surface area (Å²) >= 11 is 0. The van der Waals surface area contributed by atoms with E-state index in [0.717, 1.165) is 18.8 Å². The van der Waals surface area contributed by atoms with E-state index in [1.165, 1.54) is 20.0 Å². The first kappa shape index (κ1) is 11.5. The third-order valence-electron chi connectivity index (χ3n) is 2.89. The minimum Gasteiger partial charge on any atom is -0.467 e. The summed E-state index contributed by atoms with van der Waals surface area (Å²) in [6, 6.07) is 0. The smallest absolute Gasteiger partial charge is 0.334 e. The molecule has 1 aliphatic carbocycles. The molecule has 0 aromatic rings. The number of esters is 1. The lowest BCUT2D eigenvalue weighted by atomic mass is 9.89. The van der Waals surface area contributed by atoms with Crippen LogP contribution in [-0.4, -0.2) is 25.3 Å². The van der Waals surface area contributed by atoms with Crippen LogP contribution in [0.25, 0.3) is 0 Å². The van der Waals surface area contributed by atoms with Gasteiger partial charge in [0, 0.05) is 0 Å². The Morgan fingerprint density at radius 2 is 1.86 bits per heavy atom. The van der Waals surface area contributed by atoms with Gasteiger partial charge in [-0.1, -0.05) is 6.92 Å². The Hall–Kier alpha value is -0.570. The highest BCUT2D eigenvalue weighted by atomic mass is 16.6. The van der Waals surface area contributed by atoms with Gasteiger partial charge < -0.3 is 9.47 Å². The molecule has 1 fully saturated rings. The van der Waals surface area contributed by atoms with Crippen LogP contribution in [-0.2, 0) is 14.3 Å². The van der Waals surface area contributed by atoms with Gasteiger partial charge in [0.2, 0.25) is 0 Å². The molecular weight excluding hydrogens is 180 g/mol. The highest BCUT2D eigenvalue weighted by Crippen LogP contribution is 2.26. The van der Waals surface area contributed by atoms with Crippen molar-refractivity contribution in [1.29, 1.82) is 0 Å². The highest BCUT2D eigenvalue weighted by molar-refractivity contribution is 5.73. The van der Waals surface area contributed by atoms with Gasteiger partial charge in [0.15, 0.2) is 6.10 Å². The number of hydrogen-bond donors (Lipinski definition) is 0. The van der Waals surface area contributed by atoms with E-state index in [4.69, 9.17) is 4.74 Å². The summed E-state index contributed by atoms with van der Waals surface area (Å²) in [5, 5.41) is 0. The molecule has 1 rings (SSSR count). The Morgan fingerprint density at radius 3 is 2.36 bits per heavy atom. The van der Waals surface area contributed by atoms with Crippen molar-refractivity contribution in [3.05, 3.63) is 0 Å². The first-order valence-electron chi connectivity index (χ1n) is 5.36. The first-order chi connectivity index (χ1) is 6.63. The Kier molecular flexibility index (Phi) is 4.39. The summed E-state index contributed by atoms with van der Waals surface area (Å²) in [7, 11) is 1.39. The number of hydrogen-bond acceptors (Lipinski definition) is 3. The molecule has 0 aromatic carbocycles. The standard InChI is InChI=1S/C11H20O3/c1-8-4-6-10(7-5-8)14-9(2)11(12)13-3/h8-10H,4-7H2,1-3H3/t8?,9-,10?/m0/s1. The molecule has 0 N–H and O–H groups in total. The largest absolute Gasteiger partial charge is 0.467 e. The van der Waals surface area contributed by atoms with Gasteiger partial charge in [-0.3, -0.25) is 0 Å². The molecule has 3 nitrogen and oxygen atoms in total. The zero-order valence-electron chi connectivity index (χ0n) is 9.29. The monoisotopic (exact) mass is 200 g/mol. The van der Waals surface area contributed by atoms with Gasteiger partial charge >= 0.3 is 5.97 Å².